The van der Waals surface area contributed by atoms with Crippen LogP contribution in [-0.4, -0.2) is 37.3 Å². The molecular weight excluding hydrogens is 761 g/mol. The van der Waals surface area contributed by atoms with Crippen LogP contribution in [0.25, 0.3) is 0 Å². The minimum absolute atomic E-state index is 0.0481. The van der Waals surface area contributed by atoms with Gasteiger partial charge in [0.15, 0.2) is 5.78 Å². The second kappa shape index (κ2) is 12.8. The fourth-order valence-corrected chi connectivity index (χ4v) is 11.8. The van der Waals surface area contributed by atoms with Crippen molar-refractivity contribution in [2.45, 2.75) is 56.2 Å². The number of rotatable bonds is 6. The van der Waals surface area contributed by atoms with Crippen molar-refractivity contribution >= 4 is 5.78 Å². The normalized spacial score (nSPS) is 30.1. The molecule has 1 spiro atoms. The van der Waals surface area contributed by atoms with Gasteiger partial charge in [-0.1, -0.05) is 91.0 Å². The molecule has 8 atom stereocenters. The quantitative estimate of drug-likeness (QED) is 0.172. The van der Waals surface area contributed by atoms with Crippen LogP contribution in [0.2, 0.25) is 0 Å². The summed E-state index contributed by atoms with van der Waals surface area (Å²) in [6.45, 7) is 3.56. The highest BCUT2D eigenvalue weighted by Gasteiger charge is 2.84. The molecule has 0 radical (unpaired) electrons. The molecule has 4 bridgehead atoms. The fraction of sp³-hybridized carbons (Fsp3) is 0.300. The number of ether oxygens (including phenoxy) is 7. The molecule has 4 heterocycles. The van der Waals surface area contributed by atoms with Crippen LogP contribution in [0, 0.1) is 24.2 Å². The van der Waals surface area contributed by atoms with Gasteiger partial charge in [0.05, 0.1) is 33.2 Å². The van der Waals surface area contributed by atoms with Crippen LogP contribution >= 0.6 is 0 Å². The Labute approximate surface area is 347 Å². The Morgan fingerprint density at radius 1 is 0.767 bits per heavy atom. The summed E-state index contributed by atoms with van der Waals surface area (Å²) in [6, 6.07) is 32.6. The number of benzene rings is 5. The van der Waals surface area contributed by atoms with Crippen LogP contribution in [0.3, 0.4) is 0 Å². The van der Waals surface area contributed by atoms with Crippen molar-refractivity contribution in [2.24, 2.45) is 17.3 Å². The first-order valence-corrected chi connectivity index (χ1v) is 20.4. The molecule has 5 aromatic rings. The van der Waals surface area contributed by atoms with Crippen LogP contribution in [-0.2, 0) is 32.3 Å². The number of carbonyl (C=O) groups is 1. The molecule has 0 amide bonds. The number of aliphatic hydroxyl groups is 1. The van der Waals surface area contributed by atoms with E-state index in [1.807, 2.05) is 84.9 Å². The number of fused-ring (bicyclic) bond motifs is 6. The number of allylic oxidation sites excluding steroid dienone is 2. The number of phenols is 1. The Hall–Kier alpha value is -6.39. The lowest BCUT2D eigenvalue weighted by molar-refractivity contribution is -0.254. The van der Waals surface area contributed by atoms with Crippen molar-refractivity contribution in [3.05, 3.63) is 165 Å². The molecule has 2 N–H and O–H groups in total. The van der Waals surface area contributed by atoms with Crippen molar-refractivity contribution in [1.82, 2.24) is 0 Å². The first-order valence-electron chi connectivity index (χ1n) is 20.4. The van der Waals surface area contributed by atoms with Gasteiger partial charge in [-0.05, 0) is 32.3 Å². The van der Waals surface area contributed by atoms with Crippen molar-refractivity contribution in [2.75, 3.05) is 21.3 Å². The SMILES string of the molecule is COC1=C(C)C(=O)C=C2OC3(c4ccccc4)Oc4cc(OC)c5c(c4[C@H]4[C@@H]3[C@@H]3c6c(cc(O)c(C)c6OC)O[C@](O)(c6ccccc6)[C@@H]3[C@]214)O[C@H](c1ccccc1)CC5. The van der Waals surface area contributed by atoms with Crippen molar-refractivity contribution in [3.8, 4) is 34.5 Å². The highest BCUT2D eigenvalue weighted by Crippen LogP contribution is 2.84. The van der Waals surface area contributed by atoms with Gasteiger partial charge in [0.25, 0.3) is 5.79 Å². The summed E-state index contributed by atoms with van der Waals surface area (Å²) in [5, 5.41) is 25.3. The molecule has 10 heteroatoms. The van der Waals surface area contributed by atoms with E-state index < -0.39 is 40.7 Å². The maximum atomic E-state index is 14.3. The Morgan fingerprint density at radius 2 is 1.43 bits per heavy atom. The van der Waals surface area contributed by atoms with Crippen molar-refractivity contribution in [3.63, 3.8) is 0 Å². The van der Waals surface area contributed by atoms with E-state index in [4.69, 9.17) is 33.2 Å². The molecule has 10 nitrogen and oxygen atoms in total. The number of aromatic hydroxyl groups is 1. The monoisotopic (exact) mass is 804 g/mol. The van der Waals surface area contributed by atoms with Gasteiger partial charge in [0, 0.05) is 69.0 Å². The molecule has 1 unspecified atom stereocenters. The number of carbonyl (C=O) groups excluding carboxylic acids is 1. The lowest BCUT2D eigenvalue weighted by Crippen LogP contribution is -2.58. The van der Waals surface area contributed by atoms with Gasteiger partial charge in [0.2, 0.25) is 5.79 Å². The van der Waals surface area contributed by atoms with Gasteiger partial charge >= 0.3 is 0 Å². The fourth-order valence-electron chi connectivity index (χ4n) is 11.8. The van der Waals surface area contributed by atoms with Gasteiger partial charge in [0.1, 0.15) is 57.5 Å². The molecule has 304 valence electrons. The van der Waals surface area contributed by atoms with Gasteiger partial charge < -0.3 is 43.4 Å². The highest BCUT2D eigenvalue weighted by atomic mass is 16.7. The minimum Gasteiger partial charge on any atom is -0.507 e. The van der Waals surface area contributed by atoms with Crippen LogP contribution in [0.4, 0.5) is 0 Å². The lowest BCUT2D eigenvalue weighted by atomic mass is 9.57. The molecule has 60 heavy (non-hydrogen) atoms. The topological polar surface area (TPSA) is 122 Å². The highest BCUT2D eigenvalue weighted by molar-refractivity contribution is 6.06. The smallest absolute Gasteiger partial charge is 0.281 e. The van der Waals surface area contributed by atoms with Crippen LogP contribution in [0.1, 0.15) is 70.2 Å². The average molecular weight is 805 g/mol. The molecule has 5 aromatic carbocycles. The first-order chi connectivity index (χ1) is 29.1. The van der Waals surface area contributed by atoms with Crippen LogP contribution in [0.5, 0.6) is 34.5 Å². The first kappa shape index (κ1) is 36.7. The Morgan fingerprint density at radius 3 is 2.10 bits per heavy atom. The van der Waals surface area contributed by atoms with E-state index >= 15 is 0 Å². The predicted molar refractivity (Wildman–Crippen MR) is 219 cm³/mol. The largest absolute Gasteiger partial charge is 0.507 e. The number of hydrogen-bond acceptors (Lipinski definition) is 10. The van der Waals surface area contributed by atoms with E-state index in [1.54, 1.807) is 47.3 Å². The summed E-state index contributed by atoms with van der Waals surface area (Å²) in [5.74, 6) is -3.97. The summed E-state index contributed by atoms with van der Waals surface area (Å²) in [7, 11) is 4.79. The Balaban J connectivity index is 1.32. The van der Waals surface area contributed by atoms with Gasteiger partial charge in [-0.25, -0.2) is 0 Å². The van der Waals surface area contributed by atoms with E-state index in [-0.39, 0.29) is 29.1 Å². The zero-order valence-corrected chi connectivity index (χ0v) is 33.9. The molecule has 1 saturated heterocycles. The Kier molecular flexibility index (Phi) is 7.83. The van der Waals surface area contributed by atoms with E-state index in [0.717, 1.165) is 16.7 Å². The zero-order valence-electron chi connectivity index (χ0n) is 33.9. The van der Waals surface area contributed by atoms with Crippen molar-refractivity contribution < 1.29 is 48.2 Å². The maximum absolute atomic E-state index is 14.3. The maximum Gasteiger partial charge on any atom is 0.281 e. The van der Waals surface area contributed by atoms with E-state index in [2.05, 4.69) is 12.1 Å². The van der Waals surface area contributed by atoms with Crippen LogP contribution in [0.15, 0.2) is 126 Å². The summed E-state index contributed by atoms with van der Waals surface area (Å²) in [4.78, 5) is 14.3. The lowest BCUT2D eigenvalue weighted by Gasteiger charge is -2.57. The second-order valence-electron chi connectivity index (χ2n) is 16.6. The summed E-state index contributed by atoms with van der Waals surface area (Å²) < 4.78 is 48.1. The standard InChI is InChI=1S/C50H44O10/c1-26-32(51)23-36-39(44(26)55-4)41-43-42-40-37(25-35(54-3)31-21-22-34(57-45(31)40)28-15-9-6-10-16-28)59-50(43,30-19-13-8-14-20-30)60-38-24-33(52)27(2)47(56-5)48(38,42)46(41)49(53,58-36)29-17-11-7-12-18-29/h6-20,23-25,34,41-43,46,51,53H,21-22H2,1-5H3/t34-,41-,42-,43-,46-,48+,49+,50?/m0/s1. The molecule has 4 aliphatic heterocycles. The molecule has 2 aliphatic carbocycles. The van der Waals surface area contributed by atoms with E-state index in [1.165, 1.54) is 0 Å². The predicted octanol–water partition coefficient (Wildman–Crippen LogP) is 8.78. The van der Waals surface area contributed by atoms with Gasteiger partial charge in [-0.15, -0.1) is 0 Å². The third kappa shape index (κ3) is 4.49. The molecule has 0 aromatic heterocycles. The van der Waals surface area contributed by atoms with Crippen molar-refractivity contribution in [1.29, 1.82) is 0 Å². The minimum atomic E-state index is -2.11. The summed E-state index contributed by atoms with van der Waals surface area (Å²) in [5.41, 5.74) is 3.97. The van der Waals surface area contributed by atoms with Crippen LogP contribution < -0.4 is 23.7 Å². The zero-order chi connectivity index (χ0) is 41.3. The number of ketones is 1. The molecule has 6 aliphatic rings. The Bertz CT molecular complexity index is 2670. The summed E-state index contributed by atoms with van der Waals surface area (Å²) >= 11 is 0. The molecule has 2 fully saturated rings. The summed E-state index contributed by atoms with van der Waals surface area (Å²) in [6.07, 6.45) is 2.62. The molecular formula is C50H44O10. The van der Waals surface area contributed by atoms with Gasteiger partial charge in [-0.2, -0.15) is 0 Å². The van der Waals surface area contributed by atoms with E-state index in [0.29, 0.717) is 69.4 Å². The third-order valence-corrected chi connectivity index (χ3v) is 14.1. The number of methoxy groups -OCH3 is 3. The average Bonchev–Trinajstić information content (AvgIpc) is 3.54. The van der Waals surface area contributed by atoms with Gasteiger partial charge in [-0.3, -0.25) is 4.79 Å². The second-order valence-corrected chi connectivity index (χ2v) is 16.6. The number of hydrogen-bond donors (Lipinski definition) is 2. The molecule has 1 saturated carbocycles. The third-order valence-electron chi connectivity index (χ3n) is 14.1. The van der Waals surface area contributed by atoms with E-state index in [9.17, 15) is 15.0 Å². The molecule has 11 rings (SSSR count). The number of phenolic OH excluding ortho intramolecular Hbond substituents is 1.